The molecule has 0 unspecified atom stereocenters. The van der Waals surface area contributed by atoms with Crippen molar-refractivity contribution in [3.8, 4) is 22.8 Å². The van der Waals surface area contributed by atoms with Gasteiger partial charge in [-0.05, 0) is 37.3 Å². The Labute approximate surface area is 225 Å². The van der Waals surface area contributed by atoms with Crippen molar-refractivity contribution in [2.75, 3.05) is 45.3 Å². The van der Waals surface area contributed by atoms with Crippen LogP contribution in [0.25, 0.3) is 11.3 Å². The lowest BCUT2D eigenvalue weighted by Crippen LogP contribution is -2.49. The van der Waals surface area contributed by atoms with Crippen LogP contribution in [-0.4, -0.2) is 69.6 Å². The molecule has 1 fully saturated rings. The average Bonchev–Trinajstić information content (AvgIpc) is 2.87. The van der Waals surface area contributed by atoms with Crippen LogP contribution in [0.5, 0.6) is 11.5 Å². The summed E-state index contributed by atoms with van der Waals surface area (Å²) >= 11 is 12.2. The molecule has 1 amide bonds. The first-order valence-electron chi connectivity index (χ1n) is 11.2. The largest absolute Gasteiger partial charge is 0.493 e. The highest BCUT2D eigenvalue weighted by Crippen LogP contribution is 2.33. The molecular weight excluding hydrogens is 541 g/mol. The molecule has 0 spiro atoms. The minimum absolute atomic E-state index is 0.0251. The summed E-state index contributed by atoms with van der Waals surface area (Å²) in [6.07, 6.45) is 0. The minimum atomic E-state index is -4.12. The summed E-state index contributed by atoms with van der Waals surface area (Å²) in [6, 6.07) is 9.80. The number of carbonyl (C=O) groups is 1. The molecule has 0 radical (unpaired) electrons. The van der Waals surface area contributed by atoms with Crippen molar-refractivity contribution in [2.24, 2.45) is 5.14 Å². The SMILES string of the molecule is COc1ccc(-c2cc(N3CCN(C(=O)c4cc(S(N)(=O)=O)c(Cl)cc4Cl)CC3)nc(C)n2)cc1OC. The number of ether oxygens (including phenoxy) is 2. The topological polar surface area (TPSA) is 128 Å². The summed E-state index contributed by atoms with van der Waals surface area (Å²) in [5.74, 6) is 2.14. The number of sulfonamides is 1. The molecule has 2 heterocycles. The zero-order chi connectivity index (χ0) is 26.9. The van der Waals surface area contributed by atoms with E-state index < -0.39 is 15.9 Å². The lowest BCUT2D eigenvalue weighted by atomic mass is 10.1. The van der Waals surface area contributed by atoms with Gasteiger partial charge in [0.25, 0.3) is 5.91 Å². The highest BCUT2D eigenvalue weighted by atomic mass is 35.5. The van der Waals surface area contributed by atoms with Gasteiger partial charge in [0.15, 0.2) is 11.5 Å². The maximum Gasteiger partial charge on any atom is 0.255 e. The number of piperazine rings is 1. The molecule has 2 aromatic carbocycles. The molecule has 0 saturated carbocycles. The third-order valence-corrected chi connectivity index (χ3v) is 7.64. The van der Waals surface area contributed by atoms with Crippen molar-refractivity contribution in [3.63, 3.8) is 0 Å². The van der Waals surface area contributed by atoms with Crippen molar-refractivity contribution in [1.29, 1.82) is 0 Å². The Morgan fingerprint density at radius 3 is 2.24 bits per heavy atom. The molecule has 196 valence electrons. The van der Waals surface area contributed by atoms with E-state index >= 15 is 0 Å². The number of halogens is 2. The second-order valence-electron chi connectivity index (χ2n) is 8.32. The number of rotatable bonds is 6. The monoisotopic (exact) mass is 565 g/mol. The summed E-state index contributed by atoms with van der Waals surface area (Å²) in [5.41, 5.74) is 1.60. The van der Waals surface area contributed by atoms with Gasteiger partial charge in [-0.2, -0.15) is 0 Å². The van der Waals surface area contributed by atoms with Gasteiger partial charge in [0, 0.05) is 37.8 Å². The number of benzene rings is 2. The van der Waals surface area contributed by atoms with Crippen LogP contribution in [0, 0.1) is 6.92 Å². The van der Waals surface area contributed by atoms with Gasteiger partial charge in [0.2, 0.25) is 10.0 Å². The number of hydrogen-bond acceptors (Lipinski definition) is 8. The van der Waals surface area contributed by atoms with Crippen molar-refractivity contribution >= 4 is 45.0 Å². The maximum absolute atomic E-state index is 13.2. The van der Waals surface area contributed by atoms with Crippen LogP contribution in [0.2, 0.25) is 10.0 Å². The first kappa shape index (κ1) is 26.9. The van der Waals surface area contributed by atoms with E-state index in [0.29, 0.717) is 43.5 Å². The Morgan fingerprint density at radius 1 is 0.946 bits per heavy atom. The zero-order valence-corrected chi connectivity index (χ0v) is 22.7. The molecule has 1 aliphatic rings. The third-order valence-electron chi connectivity index (χ3n) is 5.95. The van der Waals surface area contributed by atoms with E-state index in [0.717, 1.165) is 23.1 Å². The van der Waals surface area contributed by atoms with E-state index in [2.05, 4.69) is 14.9 Å². The molecule has 37 heavy (non-hydrogen) atoms. The van der Waals surface area contributed by atoms with E-state index in [1.807, 2.05) is 31.2 Å². The van der Waals surface area contributed by atoms with Crippen LogP contribution < -0.4 is 19.5 Å². The van der Waals surface area contributed by atoms with Crippen LogP contribution in [0.15, 0.2) is 41.3 Å². The Kier molecular flexibility index (Phi) is 7.79. The van der Waals surface area contributed by atoms with E-state index in [1.165, 1.54) is 6.07 Å². The summed E-state index contributed by atoms with van der Waals surface area (Å²) in [5, 5.41) is 5.13. The smallest absolute Gasteiger partial charge is 0.255 e. The predicted molar refractivity (Wildman–Crippen MR) is 141 cm³/mol. The summed E-state index contributed by atoms with van der Waals surface area (Å²) in [7, 11) is -0.966. The van der Waals surface area contributed by atoms with Crippen molar-refractivity contribution in [1.82, 2.24) is 14.9 Å². The summed E-state index contributed by atoms with van der Waals surface area (Å²) in [4.78, 5) is 25.6. The Hall–Kier alpha value is -3.12. The second kappa shape index (κ2) is 10.7. The highest BCUT2D eigenvalue weighted by Gasteiger charge is 2.27. The normalized spacial score (nSPS) is 14.0. The van der Waals surface area contributed by atoms with Crippen LogP contribution >= 0.6 is 23.2 Å². The van der Waals surface area contributed by atoms with Crippen LogP contribution in [0.1, 0.15) is 16.2 Å². The molecule has 0 aliphatic carbocycles. The number of amides is 1. The number of methoxy groups -OCH3 is 2. The molecule has 4 rings (SSSR count). The fraction of sp³-hybridized carbons (Fsp3) is 0.292. The van der Waals surface area contributed by atoms with Gasteiger partial charge in [0.05, 0.1) is 35.5 Å². The van der Waals surface area contributed by atoms with Crippen LogP contribution in [0.3, 0.4) is 0 Å². The van der Waals surface area contributed by atoms with Crippen LogP contribution in [-0.2, 0) is 10.0 Å². The molecule has 1 saturated heterocycles. The fourth-order valence-corrected chi connectivity index (χ4v) is 5.48. The number of primary sulfonamides is 1. The second-order valence-corrected chi connectivity index (χ2v) is 10.7. The molecule has 2 N–H and O–H groups in total. The molecule has 3 aromatic rings. The molecule has 0 bridgehead atoms. The summed E-state index contributed by atoms with van der Waals surface area (Å²) < 4.78 is 34.4. The van der Waals surface area contributed by atoms with Gasteiger partial charge in [-0.1, -0.05) is 23.2 Å². The van der Waals surface area contributed by atoms with Crippen LogP contribution in [0.4, 0.5) is 5.82 Å². The Balaban J connectivity index is 1.53. The average molecular weight is 566 g/mol. The number of hydrogen-bond donors (Lipinski definition) is 1. The first-order valence-corrected chi connectivity index (χ1v) is 13.5. The third kappa shape index (κ3) is 5.74. The van der Waals surface area contributed by atoms with E-state index in [-0.39, 0.29) is 20.5 Å². The molecule has 10 nitrogen and oxygen atoms in total. The van der Waals surface area contributed by atoms with Gasteiger partial charge < -0.3 is 19.3 Å². The number of carbonyl (C=O) groups excluding carboxylic acids is 1. The fourth-order valence-electron chi connectivity index (χ4n) is 4.08. The molecule has 0 atom stereocenters. The van der Waals surface area contributed by atoms with Gasteiger partial charge in [-0.25, -0.2) is 23.5 Å². The highest BCUT2D eigenvalue weighted by molar-refractivity contribution is 7.89. The molecular formula is C24H25Cl2N5O5S. The predicted octanol–water partition coefficient (Wildman–Crippen LogP) is 3.39. The standard InChI is InChI=1S/C24H25Cl2N5O5S/c1-14-28-19(15-4-5-20(35-2)21(10-15)36-3)13-23(29-14)30-6-8-31(9-7-30)24(32)16-11-22(37(27,33)34)18(26)12-17(16)25/h4-5,10-13H,6-9H2,1-3H3,(H2,27,33,34). The minimum Gasteiger partial charge on any atom is -0.493 e. The Bertz CT molecular complexity index is 1460. The number of anilines is 1. The van der Waals surface area contributed by atoms with Gasteiger partial charge in [0.1, 0.15) is 16.5 Å². The zero-order valence-electron chi connectivity index (χ0n) is 20.4. The van der Waals surface area contributed by atoms with Crippen molar-refractivity contribution < 1.29 is 22.7 Å². The van der Waals surface area contributed by atoms with Crippen molar-refractivity contribution in [2.45, 2.75) is 11.8 Å². The summed E-state index contributed by atoms with van der Waals surface area (Å²) in [6.45, 7) is 3.56. The molecule has 1 aliphatic heterocycles. The van der Waals surface area contributed by atoms with Gasteiger partial charge in [-0.3, -0.25) is 4.79 Å². The molecule has 1 aromatic heterocycles. The number of aryl methyl sites for hydroxylation is 1. The quantitative estimate of drug-likeness (QED) is 0.481. The molecule has 13 heteroatoms. The number of nitrogens with two attached hydrogens (primary N) is 1. The number of aromatic nitrogens is 2. The van der Waals surface area contributed by atoms with E-state index in [1.54, 1.807) is 19.1 Å². The van der Waals surface area contributed by atoms with E-state index in [4.69, 9.17) is 37.8 Å². The van der Waals surface area contributed by atoms with Gasteiger partial charge in [-0.15, -0.1) is 0 Å². The number of nitrogens with zero attached hydrogens (tertiary/aromatic N) is 4. The van der Waals surface area contributed by atoms with Gasteiger partial charge >= 0.3 is 0 Å². The van der Waals surface area contributed by atoms with Crippen molar-refractivity contribution in [3.05, 3.63) is 57.8 Å². The lowest BCUT2D eigenvalue weighted by molar-refractivity contribution is 0.0746. The first-order chi connectivity index (χ1) is 17.5. The Morgan fingerprint density at radius 2 is 1.62 bits per heavy atom. The van der Waals surface area contributed by atoms with E-state index in [9.17, 15) is 13.2 Å². The lowest BCUT2D eigenvalue weighted by Gasteiger charge is -2.35. The maximum atomic E-state index is 13.2.